The fourth-order valence-corrected chi connectivity index (χ4v) is 2.70. The van der Waals surface area contributed by atoms with Crippen molar-refractivity contribution in [2.45, 2.75) is 46.0 Å². The normalized spacial score (nSPS) is 14.5. The second-order valence-electron chi connectivity index (χ2n) is 6.52. The highest BCUT2D eigenvalue weighted by Gasteiger charge is 2.11. The summed E-state index contributed by atoms with van der Waals surface area (Å²) in [4.78, 5) is 0. The first-order valence-corrected chi connectivity index (χ1v) is 8.98. The molecule has 0 fully saturated rings. The summed E-state index contributed by atoms with van der Waals surface area (Å²) in [6, 6.07) is 10.2. The molecule has 1 rings (SSSR count). The Balaban J connectivity index is 2.68. The molecule has 1 atom stereocenters. The van der Waals surface area contributed by atoms with Gasteiger partial charge in [-0.15, -0.1) is 0 Å². The Morgan fingerprint density at radius 3 is 2.29 bits per heavy atom. The van der Waals surface area contributed by atoms with Crippen molar-refractivity contribution in [3.63, 3.8) is 0 Å². The Labute approximate surface area is 128 Å². The summed E-state index contributed by atoms with van der Waals surface area (Å²) >= 11 is 0. The van der Waals surface area contributed by atoms with Crippen LogP contribution in [0, 0.1) is 5.41 Å². The van der Waals surface area contributed by atoms with Gasteiger partial charge in [-0.05, 0) is 23.8 Å². The molecule has 0 saturated carbocycles. The Morgan fingerprint density at radius 1 is 1.14 bits per heavy atom. The van der Waals surface area contributed by atoms with Crippen molar-refractivity contribution < 1.29 is 13.0 Å². The van der Waals surface area contributed by atoms with E-state index in [1.807, 2.05) is 18.2 Å². The molecule has 0 radical (unpaired) electrons. The van der Waals surface area contributed by atoms with Crippen LogP contribution in [-0.4, -0.2) is 18.7 Å². The molecular weight excluding hydrogens is 284 g/mol. The van der Waals surface area contributed by atoms with Crippen molar-refractivity contribution in [1.82, 2.24) is 0 Å². The van der Waals surface area contributed by atoms with Gasteiger partial charge in [0.2, 0.25) is 0 Å². The van der Waals surface area contributed by atoms with Crippen LogP contribution in [0.2, 0.25) is 0 Å². The average Bonchev–Trinajstić information content (AvgIpc) is 2.36. The predicted octanol–water partition coefficient (Wildman–Crippen LogP) is 4.43. The number of hydrogen-bond donors (Lipinski definition) is 1. The minimum absolute atomic E-state index is 0.126. The van der Waals surface area contributed by atoms with Crippen molar-refractivity contribution in [3.05, 3.63) is 48.0 Å². The Morgan fingerprint density at radius 2 is 1.76 bits per heavy atom. The molecule has 0 bridgehead atoms. The highest BCUT2D eigenvalue weighted by molar-refractivity contribution is 7.85. The molecule has 118 valence electrons. The van der Waals surface area contributed by atoms with Gasteiger partial charge in [-0.25, -0.2) is 0 Å². The van der Waals surface area contributed by atoms with E-state index in [1.54, 1.807) is 0 Å². The molecule has 3 nitrogen and oxygen atoms in total. The van der Waals surface area contributed by atoms with Crippen LogP contribution in [0.4, 0.5) is 0 Å². The zero-order valence-corrected chi connectivity index (χ0v) is 13.9. The molecule has 0 aromatic heterocycles. The molecule has 21 heavy (non-hydrogen) atoms. The van der Waals surface area contributed by atoms with E-state index in [4.69, 9.17) is 4.55 Å². The molecule has 4 heteroatoms. The van der Waals surface area contributed by atoms with Crippen LogP contribution in [0.5, 0.6) is 0 Å². The van der Waals surface area contributed by atoms with Crippen molar-refractivity contribution in [2.75, 3.05) is 5.75 Å². The fourth-order valence-electron chi connectivity index (χ4n) is 2.13. The lowest BCUT2D eigenvalue weighted by Crippen LogP contribution is -2.05. The van der Waals surface area contributed by atoms with E-state index in [-0.39, 0.29) is 17.1 Å². The molecule has 0 aliphatic carbocycles. The summed E-state index contributed by atoms with van der Waals surface area (Å²) in [5.74, 6) is 0.129. The Bertz CT molecular complexity index is 539. The van der Waals surface area contributed by atoms with Gasteiger partial charge in [0.05, 0.1) is 5.75 Å². The lowest BCUT2D eigenvalue weighted by molar-refractivity contribution is 0.479. The van der Waals surface area contributed by atoms with Crippen LogP contribution < -0.4 is 0 Å². The lowest BCUT2D eigenvalue weighted by atomic mass is 9.89. The van der Waals surface area contributed by atoms with Crippen LogP contribution in [0.3, 0.4) is 0 Å². The molecule has 0 aliphatic rings. The highest BCUT2D eigenvalue weighted by Crippen LogP contribution is 2.26. The van der Waals surface area contributed by atoms with Crippen LogP contribution in [0.25, 0.3) is 0 Å². The fraction of sp³-hybridized carbons (Fsp3) is 0.529. The summed E-state index contributed by atoms with van der Waals surface area (Å²) in [6.45, 7) is 6.47. The van der Waals surface area contributed by atoms with Gasteiger partial charge in [0, 0.05) is 5.92 Å². The maximum absolute atomic E-state index is 10.7. The van der Waals surface area contributed by atoms with E-state index < -0.39 is 10.1 Å². The van der Waals surface area contributed by atoms with Crippen molar-refractivity contribution in [2.24, 2.45) is 5.41 Å². The van der Waals surface area contributed by atoms with Crippen molar-refractivity contribution in [1.29, 1.82) is 0 Å². The van der Waals surface area contributed by atoms with Gasteiger partial charge >= 0.3 is 0 Å². The third kappa shape index (κ3) is 8.68. The standard InChI is InChI=1S/C17H26O3S/c1-17(2,3)13-12-16(15-9-5-4-6-10-15)11-7-8-14-21(18,19)20/h4-6,9-10,12-13,16H,7-8,11,14H2,1-3H3,(H,18,19,20)/b13-12+/t16-/m0/s1. The molecule has 0 unspecified atom stereocenters. The molecule has 0 spiro atoms. The van der Waals surface area contributed by atoms with Gasteiger partial charge in [0.15, 0.2) is 0 Å². The number of hydrogen-bond acceptors (Lipinski definition) is 2. The van der Waals surface area contributed by atoms with E-state index in [1.165, 1.54) is 5.56 Å². The first-order chi connectivity index (χ1) is 9.67. The number of rotatable bonds is 7. The maximum atomic E-state index is 10.7. The van der Waals surface area contributed by atoms with E-state index in [0.717, 1.165) is 12.8 Å². The summed E-state index contributed by atoms with van der Waals surface area (Å²) in [6.07, 6.45) is 6.56. The quantitative estimate of drug-likeness (QED) is 0.460. The number of unbranched alkanes of at least 4 members (excludes halogenated alkanes) is 1. The summed E-state index contributed by atoms with van der Waals surface area (Å²) < 4.78 is 30.3. The topological polar surface area (TPSA) is 54.4 Å². The zero-order chi connectivity index (χ0) is 15.9. The van der Waals surface area contributed by atoms with Gasteiger partial charge in [-0.1, -0.05) is 69.7 Å². The van der Waals surface area contributed by atoms with Gasteiger partial charge < -0.3 is 0 Å². The molecule has 1 aromatic carbocycles. The van der Waals surface area contributed by atoms with E-state index >= 15 is 0 Å². The van der Waals surface area contributed by atoms with E-state index in [9.17, 15) is 8.42 Å². The van der Waals surface area contributed by atoms with E-state index in [2.05, 4.69) is 45.1 Å². The van der Waals surface area contributed by atoms with Crippen LogP contribution in [-0.2, 0) is 10.1 Å². The average molecular weight is 310 g/mol. The molecule has 0 heterocycles. The smallest absolute Gasteiger partial charge is 0.264 e. The Hall–Kier alpha value is -1.13. The molecule has 0 saturated heterocycles. The largest absolute Gasteiger partial charge is 0.286 e. The second kappa shape index (κ2) is 7.76. The summed E-state index contributed by atoms with van der Waals surface area (Å²) in [5.41, 5.74) is 1.37. The lowest BCUT2D eigenvalue weighted by Gasteiger charge is -2.17. The van der Waals surface area contributed by atoms with Gasteiger partial charge in [0.25, 0.3) is 10.1 Å². The summed E-state index contributed by atoms with van der Waals surface area (Å²) in [5, 5.41) is 0. The van der Waals surface area contributed by atoms with Crippen LogP contribution in [0.1, 0.15) is 51.5 Å². The van der Waals surface area contributed by atoms with Gasteiger partial charge in [-0.2, -0.15) is 8.42 Å². The predicted molar refractivity (Wildman–Crippen MR) is 88.0 cm³/mol. The third-order valence-corrected chi connectivity index (χ3v) is 4.03. The van der Waals surface area contributed by atoms with Crippen molar-refractivity contribution in [3.8, 4) is 0 Å². The molecular formula is C17H26O3S. The number of allylic oxidation sites excluding steroid dienone is 2. The molecule has 1 N–H and O–H groups in total. The Kier molecular flexibility index (Phi) is 6.62. The third-order valence-electron chi connectivity index (χ3n) is 3.22. The molecule has 0 amide bonds. The first kappa shape index (κ1) is 17.9. The molecule has 1 aromatic rings. The van der Waals surface area contributed by atoms with E-state index in [0.29, 0.717) is 6.42 Å². The van der Waals surface area contributed by atoms with Crippen molar-refractivity contribution >= 4 is 10.1 Å². The minimum Gasteiger partial charge on any atom is -0.286 e. The SMILES string of the molecule is CC(C)(C)/C=C/[C@H](CCCCS(=O)(=O)O)c1ccccc1. The second-order valence-corrected chi connectivity index (χ2v) is 8.10. The van der Waals surface area contributed by atoms with Crippen LogP contribution in [0.15, 0.2) is 42.5 Å². The zero-order valence-electron chi connectivity index (χ0n) is 13.1. The molecule has 0 aliphatic heterocycles. The van der Waals surface area contributed by atoms with Crippen LogP contribution >= 0.6 is 0 Å². The van der Waals surface area contributed by atoms with Gasteiger partial charge in [0.1, 0.15) is 0 Å². The number of benzene rings is 1. The monoisotopic (exact) mass is 310 g/mol. The maximum Gasteiger partial charge on any atom is 0.264 e. The minimum atomic E-state index is -3.84. The van der Waals surface area contributed by atoms with Gasteiger partial charge in [-0.3, -0.25) is 4.55 Å². The first-order valence-electron chi connectivity index (χ1n) is 7.37. The summed E-state index contributed by atoms with van der Waals surface area (Å²) in [7, 11) is -3.84. The highest BCUT2D eigenvalue weighted by atomic mass is 32.2.